The molecule has 4 amide bonds. The Morgan fingerprint density at radius 2 is 1.85 bits per heavy atom. The number of amides is 4. The number of benzene rings is 1. The maximum atomic E-state index is 13.6. The highest BCUT2D eigenvalue weighted by molar-refractivity contribution is 5.93. The average molecular weight is 536 g/mol. The highest BCUT2D eigenvalue weighted by Crippen LogP contribution is 2.41. The van der Waals surface area contributed by atoms with Crippen molar-refractivity contribution in [3.8, 4) is 0 Å². The molecule has 4 N–H and O–H groups in total. The van der Waals surface area contributed by atoms with Gasteiger partial charge in [0.15, 0.2) is 5.82 Å². The van der Waals surface area contributed by atoms with Crippen LogP contribution in [0.4, 0.5) is 10.6 Å². The summed E-state index contributed by atoms with van der Waals surface area (Å²) in [5.41, 5.74) is 2.07. The molecule has 2 aliphatic rings. The topological polar surface area (TPSA) is 122 Å². The first kappa shape index (κ1) is 28.4. The molecular weight excluding hydrogens is 494 g/mol. The monoisotopic (exact) mass is 535 g/mol. The van der Waals surface area contributed by atoms with Gasteiger partial charge in [-0.05, 0) is 72.2 Å². The number of aromatic amines is 1. The molecule has 1 aromatic carbocycles. The lowest BCUT2D eigenvalue weighted by Crippen LogP contribution is -2.48. The molecule has 2 aromatic rings. The normalized spacial score (nSPS) is 21.0. The van der Waals surface area contributed by atoms with Crippen molar-refractivity contribution in [3.05, 3.63) is 59.3 Å². The molecule has 39 heavy (non-hydrogen) atoms. The van der Waals surface area contributed by atoms with Crippen molar-refractivity contribution >= 4 is 23.7 Å². The number of hydrogen-bond acceptors (Lipinski definition) is 5. The minimum Gasteiger partial charge on any atom is -0.350 e. The lowest BCUT2D eigenvalue weighted by Gasteiger charge is -2.34. The molecule has 10 nitrogen and oxygen atoms in total. The van der Waals surface area contributed by atoms with Crippen LogP contribution in [0.1, 0.15) is 69.3 Å². The van der Waals surface area contributed by atoms with Crippen LogP contribution < -0.4 is 16.0 Å². The summed E-state index contributed by atoms with van der Waals surface area (Å²) in [4.78, 5) is 42.3. The van der Waals surface area contributed by atoms with E-state index in [-0.39, 0.29) is 35.8 Å². The summed E-state index contributed by atoms with van der Waals surface area (Å²) in [5, 5.41) is 16.7. The van der Waals surface area contributed by atoms with Crippen LogP contribution in [-0.2, 0) is 21.7 Å². The average Bonchev–Trinajstić information content (AvgIpc) is 3.42. The van der Waals surface area contributed by atoms with Crippen LogP contribution in [0.5, 0.6) is 0 Å². The zero-order chi connectivity index (χ0) is 28.2. The largest absolute Gasteiger partial charge is 0.350 e. The molecule has 0 spiro atoms. The Morgan fingerprint density at radius 1 is 1.15 bits per heavy atom. The second-order valence-electron chi connectivity index (χ2n) is 11.3. The van der Waals surface area contributed by atoms with Crippen LogP contribution in [0.2, 0.25) is 0 Å². The Balaban J connectivity index is 1.39. The molecule has 1 aliphatic heterocycles. The van der Waals surface area contributed by atoms with Crippen LogP contribution in [0.25, 0.3) is 0 Å². The fourth-order valence-corrected chi connectivity index (χ4v) is 5.58. The first-order valence-corrected chi connectivity index (χ1v) is 13.7. The van der Waals surface area contributed by atoms with E-state index < -0.39 is 5.54 Å². The van der Waals surface area contributed by atoms with E-state index in [2.05, 4.69) is 31.0 Å². The van der Waals surface area contributed by atoms with Gasteiger partial charge in [-0.25, -0.2) is 4.79 Å². The van der Waals surface area contributed by atoms with E-state index in [1.54, 1.807) is 11.0 Å². The maximum Gasteiger partial charge on any atom is 0.319 e. The fourth-order valence-electron chi connectivity index (χ4n) is 5.58. The van der Waals surface area contributed by atoms with Gasteiger partial charge in [0.1, 0.15) is 0 Å². The molecule has 0 saturated heterocycles. The van der Waals surface area contributed by atoms with Gasteiger partial charge in [-0.15, -0.1) is 0 Å². The van der Waals surface area contributed by atoms with E-state index >= 15 is 0 Å². The molecule has 1 aliphatic carbocycles. The van der Waals surface area contributed by atoms with Crippen molar-refractivity contribution in [2.75, 3.05) is 26.0 Å². The van der Waals surface area contributed by atoms with Crippen molar-refractivity contribution in [3.63, 3.8) is 0 Å². The van der Waals surface area contributed by atoms with Gasteiger partial charge >= 0.3 is 6.03 Å². The number of rotatable bonds is 8. The zero-order valence-corrected chi connectivity index (χ0v) is 23.6. The Kier molecular flexibility index (Phi) is 8.74. The number of hydrogen-bond donors (Lipinski definition) is 4. The SMILES string of the molecule is C/C=C/C(=O)NC1CCC(C(=O)Nc2n[nH]c3c2CN(C(=O)N[C@H](CN(C)C)c2ccccc2)C3(C)C)CC1. The Morgan fingerprint density at radius 3 is 2.49 bits per heavy atom. The number of carbonyl (C=O) groups excluding carboxylic acids is 3. The smallest absolute Gasteiger partial charge is 0.319 e. The molecule has 1 atom stereocenters. The second kappa shape index (κ2) is 12.0. The number of fused-ring (bicyclic) bond motifs is 1. The van der Waals surface area contributed by atoms with E-state index in [9.17, 15) is 14.4 Å². The third-order valence-electron chi connectivity index (χ3n) is 7.77. The number of nitrogens with zero attached hydrogens (tertiary/aromatic N) is 3. The van der Waals surface area contributed by atoms with E-state index in [0.29, 0.717) is 31.7 Å². The summed E-state index contributed by atoms with van der Waals surface area (Å²) in [5.74, 6) is 0.178. The van der Waals surface area contributed by atoms with Gasteiger partial charge in [0.2, 0.25) is 11.8 Å². The van der Waals surface area contributed by atoms with Crippen LogP contribution in [0.3, 0.4) is 0 Å². The van der Waals surface area contributed by atoms with Crippen molar-refractivity contribution in [1.82, 2.24) is 30.6 Å². The predicted octanol–water partition coefficient (Wildman–Crippen LogP) is 3.66. The first-order chi connectivity index (χ1) is 18.6. The second-order valence-corrected chi connectivity index (χ2v) is 11.3. The molecular formula is C29H41N7O3. The van der Waals surface area contributed by atoms with Crippen LogP contribution in [-0.4, -0.2) is 64.5 Å². The van der Waals surface area contributed by atoms with Crippen LogP contribution in [0.15, 0.2) is 42.5 Å². The molecule has 2 heterocycles. The zero-order valence-electron chi connectivity index (χ0n) is 23.6. The summed E-state index contributed by atoms with van der Waals surface area (Å²) < 4.78 is 0. The molecule has 0 radical (unpaired) electrons. The first-order valence-electron chi connectivity index (χ1n) is 13.7. The lowest BCUT2D eigenvalue weighted by atomic mass is 9.85. The van der Waals surface area contributed by atoms with Gasteiger partial charge in [0.05, 0.1) is 23.8 Å². The number of nitrogens with one attached hydrogen (secondary N) is 4. The molecule has 1 aromatic heterocycles. The van der Waals surface area contributed by atoms with E-state index in [1.807, 2.05) is 65.2 Å². The highest BCUT2D eigenvalue weighted by Gasteiger charge is 2.44. The maximum absolute atomic E-state index is 13.6. The predicted molar refractivity (Wildman–Crippen MR) is 151 cm³/mol. The molecule has 4 rings (SSSR count). The summed E-state index contributed by atoms with van der Waals surface area (Å²) in [7, 11) is 3.97. The number of carbonyl (C=O) groups is 3. The lowest BCUT2D eigenvalue weighted by molar-refractivity contribution is -0.121. The third kappa shape index (κ3) is 6.50. The van der Waals surface area contributed by atoms with E-state index in [0.717, 1.165) is 29.7 Å². The van der Waals surface area contributed by atoms with E-state index in [4.69, 9.17) is 0 Å². The van der Waals surface area contributed by atoms with Gasteiger partial charge in [-0.3, -0.25) is 14.7 Å². The number of likely N-dealkylation sites (N-methyl/N-ethyl adjacent to an activating group) is 1. The highest BCUT2D eigenvalue weighted by atomic mass is 16.2. The number of aromatic nitrogens is 2. The summed E-state index contributed by atoms with van der Waals surface area (Å²) >= 11 is 0. The number of allylic oxidation sites excluding steroid dienone is 1. The summed E-state index contributed by atoms with van der Waals surface area (Å²) in [6, 6.07) is 9.71. The summed E-state index contributed by atoms with van der Waals surface area (Å²) in [6.45, 7) is 6.78. The Hall–Kier alpha value is -3.66. The number of urea groups is 1. The standard InChI is InChI=1S/C29H41N7O3/c1-6-10-24(37)30-21-15-13-20(14-16-21)27(38)32-26-22-17-36(29(2,3)25(22)33-34-26)28(39)31-23(18-35(4)5)19-11-8-7-9-12-19/h6-12,20-21,23H,13-18H2,1-5H3,(H,30,37)(H,31,39)(H2,32,33,34,38)/b10-6+/t20?,21?,23-/m1/s1. The molecule has 1 fully saturated rings. The van der Waals surface area contributed by atoms with Gasteiger partial charge in [-0.1, -0.05) is 36.4 Å². The van der Waals surface area contributed by atoms with Crippen molar-refractivity contribution < 1.29 is 14.4 Å². The van der Waals surface area contributed by atoms with Gasteiger partial charge in [0, 0.05) is 24.1 Å². The third-order valence-corrected chi connectivity index (χ3v) is 7.77. The minimum absolute atomic E-state index is 0.0710. The van der Waals surface area contributed by atoms with Gasteiger partial charge < -0.3 is 25.8 Å². The van der Waals surface area contributed by atoms with Crippen molar-refractivity contribution in [2.45, 2.75) is 70.6 Å². The molecule has 0 unspecified atom stereocenters. The van der Waals surface area contributed by atoms with Crippen molar-refractivity contribution in [2.24, 2.45) is 5.92 Å². The minimum atomic E-state index is -0.627. The van der Waals surface area contributed by atoms with E-state index in [1.165, 1.54) is 6.08 Å². The Labute approximate surface area is 230 Å². The number of anilines is 1. The molecule has 0 bridgehead atoms. The van der Waals surface area contributed by atoms with Gasteiger partial charge in [0.25, 0.3) is 0 Å². The molecule has 10 heteroatoms. The van der Waals surface area contributed by atoms with Gasteiger partial charge in [-0.2, -0.15) is 5.10 Å². The summed E-state index contributed by atoms with van der Waals surface area (Å²) in [6.07, 6.45) is 6.16. The Bertz CT molecular complexity index is 1200. The molecule has 210 valence electrons. The van der Waals surface area contributed by atoms with Crippen LogP contribution in [0, 0.1) is 5.92 Å². The van der Waals surface area contributed by atoms with Crippen molar-refractivity contribution in [1.29, 1.82) is 0 Å². The quantitative estimate of drug-likeness (QED) is 0.384. The fraction of sp³-hybridized carbons (Fsp3) is 0.517. The van der Waals surface area contributed by atoms with Crippen LogP contribution >= 0.6 is 0 Å². The number of H-pyrrole nitrogens is 1. The molecule has 1 saturated carbocycles.